The summed E-state index contributed by atoms with van der Waals surface area (Å²) in [5, 5.41) is 8.78. The van der Waals surface area contributed by atoms with Crippen LogP contribution in [0.2, 0.25) is 0 Å². The van der Waals surface area contributed by atoms with Gasteiger partial charge in [-0.05, 0) is 32.9 Å². The van der Waals surface area contributed by atoms with Gasteiger partial charge in [0.15, 0.2) is 0 Å². The molecule has 0 spiro atoms. The van der Waals surface area contributed by atoms with Gasteiger partial charge >= 0.3 is 6.09 Å². The Morgan fingerprint density at radius 1 is 0.935 bits per heavy atom. The first-order valence-corrected chi connectivity index (χ1v) is 9.92. The standard InChI is InChI=1S/C13H21N3O3.C8H13N3O/c1-13(2,3)19-12(17)16-8-7-15-11-9-10(18-4)5-6-14-11;1-12-7-2-4-10-8(6-7)11-5-3-9/h5-6,9H,7-8H2,1-4H3,(H,14,15)(H,16,17);2,4,6H,3,5,9H2,1H3,(H,10,11). The number of anilines is 2. The molecule has 0 aliphatic rings. The second-order valence-corrected chi connectivity index (χ2v) is 7.23. The molecule has 10 nitrogen and oxygen atoms in total. The number of carbonyl (C=O) groups is 1. The van der Waals surface area contributed by atoms with Crippen molar-refractivity contribution in [3.63, 3.8) is 0 Å². The summed E-state index contributed by atoms with van der Waals surface area (Å²) in [6, 6.07) is 7.18. The maximum Gasteiger partial charge on any atom is 0.407 e. The molecule has 172 valence electrons. The Kier molecular flexibility index (Phi) is 11.5. The molecule has 0 saturated carbocycles. The largest absolute Gasteiger partial charge is 0.497 e. The highest BCUT2D eigenvalue weighted by Gasteiger charge is 2.15. The Hall–Kier alpha value is -3.27. The third-order valence-corrected chi connectivity index (χ3v) is 3.48. The highest BCUT2D eigenvalue weighted by atomic mass is 16.6. The molecule has 2 aromatic rings. The molecule has 2 aromatic heterocycles. The summed E-state index contributed by atoms with van der Waals surface area (Å²) >= 11 is 0. The van der Waals surface area contributed by atoms with Crippen molar-refractivity contribution >= 4 is 17.7 Å². The van der Waals surface area contributed by atoms with E-state index in [0.29, 0.717) is 25.5 Å². The molecule has 0 unspecified atom stereocenters. The molecule has 2 heterocycles. The van der Waals surface area contributed by atoms with Crippen LogP contribution in [0.1, 0.15) is 20.8 Å². The summed E-state index contributed by atoms with van der Waals surface area (Å²) in [5.41, 5.74) is 4.85. The molecule has 0 fully saturated rings. The zero-order chi connectivity index (χ0) is 23.1. The first-order valence-electron chi connectivity index (χ1n) is 9.92. The van der Waals surface area contributed by atoms with Crippen molar-refractivity contribution in [1.82, 2.24) is 15.3 Å². The van der Waals surface area contributed by atoms with Crippen LogP contribution in [-0.4, -0.2) is 62.1 Å². The number of nitrogens with zero attached hydrogens (tertiary/aromatic N) is 2. The molecule has 0 bridgehead atoms. The molecule has 2 rings (SSSR count). The number of alkyl carbamates (subject to hydrolysis) is 1. The number of hydrogen-bond donors (Lipinski definition) is 4. The minimum Gasteiger partial charge on any atom is -0.497 e. The van der Waals surface area contributed by atoms with Crippen molar-refractivity contribution in [2.24, 2.45) is 5.73 Å². The maximum absolute atomic E-state index is 11.4. The third kappa shape index (κ3) is 12.1. The number of carbonyl (C=O) groups excluding carboxylic acids is 1. The molecule has 0 radical (unpaired) electrons. The van der Waals surface area contributed by atoms with Gasteiger partial charge in [0.25, 0.3) is 0 Å². The lowest BCUT2D eigenvalue weighted by Gasteiger charge is -2.19. The highest BCUT2D eigenvalue weighted by Crippen LogP contribution is 2.13. The highest BCUT2D eigenvalue weighted by molar-refractivity contribution is 5.67. The number of nitrogens with one attached hydrogen (secondary N) is 3. The number of nitrogens with two attached hydrogens (primary N) is 1. The molecule has 0 aromatic carbocycles. The molecule has 0 saturated heterocycles. The fourth-order valence-electron chi connectivity index (χ4n) is 2.14. The molecule has 31 heavy (non-hydrogen) atoms. The van der Waals surface area contributed by atoms with Gasteiger partial charge in [-0.1, -0.05) is 0 Å². The lowest BCUT2D eigenvalue weighted by Crippen LogP contribution is -2.35. The van der Waals surface area contributed by atoms with Gasteiger partial charge in [-0.25, -0.2) is 14.8 Å². The second kappa shape index (κ2) is 13.9. The Labute approximate surface area is 183 Å². The van der Waals surface area contributed by atoms with Gasteiger partial charge in [0.2, 0.25) is 0 Å². The van der Waals surface area contributed by atoms with Crippen LogP contribution in [0.15, 0.2) is 36.7 Å². The van der Waals surface area contributed by atoms with Gasteiger partial charge in [0, 0.05) is 50.7 Å². The van der Waals surface area contributed by atoms with Crippen molar-refractivity contribution < 1.29 is 19.0 Å². The molecular formula is C21H34N6O4. The number of ether oxygens (including phenoxy) is 3. The molecule has 10 heteroatoms. The fourth-order valence-corrected chi connectivity index (χ4v) is 2.14. The van der Waals surface area contributed by atoms with Crippen molar-refractivity contribution in [3.8, 4) is 11.5 Å². The van der Waals surface area contributed by atoms with Crippen LogP contribution in [0.3, 0.4) is 0 Å². The predicted molar refractivity (Wildman–Crippen MR) is 122 cm³/mol. The average Bonchev–Trinajstić information content (AvgIpc) is 2.75. The van der Waals surface area contributed by atoms with Crippen LogP contribution in [0, 0.1) is 0 Å². The SMILES string of the molecule is COc1ccnc(NCCN)c1.COc1ccnc(NCCNC(=O)OC(C)(C)C)c1. The summed E-state index contributed by atoms with van der Waals surface area (Å²) in [7, 11) is 3.23. The Morgan fingerprint density at radius 3 is 1.90 bits per heavy atom. The zero-order valence-electron chi connectivity index (χ0n) is 18.9. The molecule has 0 aliphatic carbocycles. The smallest absolute Gasteiger partial charge is 0.407 e. The van der Waals surface area contributed by atoms with E-state index in [2.05, 4.69) is 25.9 Å². The van der Waals surface area contributed by atoms with E-state index in [4.69, 9.17) is 19.9 Å². The minimum atomic E-state index is -0.480. The van der Waals surface area contributed by atoms with E-state index >= 15 is 0 Å². The van der Waals surface area contributed by atoms with Gasteiger partial charge in [0.1, 0.15) is 28.7 Å². The van der Waals surface area contributed by atoms with Crippen LogP contribution >= 0.6 is 0 Å². The Balaban J connectivity index is 0.000000343. The van der Waals surface area contributed by atoms with Crippen molar-refractivity contribution in [2.75, 3.05) is 51.0 Å². The van der Waals surface area contributed by atoms with Crippen molar-refractivity contribution in [2.45, 2.75) is 26.4 Å². The van der Waals surface area contributed by atoms with Gasteiger partial charge in [0.05, 0.1) is 14.2 Å². The van der Waals surface area contributed by atoms with E-state index in [9.17, 15) is 4.79 Å². The number of pyridine rings is 2. The van der Waals surface area contributed by atoms with Crippen molar-refractivity contribution in [3.05, 3.63) is 36.7 Å². The summed E-state index contributed by atoms with van der Waals surface area (Å²) in [5.74, 6) is 3.02. The predicted octanol–water partition coefficient (Wildman–Crippen LogP) is 2.49. The number of methoxy groups -OCH3 is 2. The summed E-state index contributed by atoms with van der Waals surface area (Å²) in [6.45, 7) is 7.80. The number of aromatic nitrogens is 2. The molecule has 0 aliphatic heterocycles. The average molecular weight is 435 g/mol. The van der Waals surface area contributed by atoms with Crippen LogP contribution in [0.4, 0.5) is 16.4 Å². The van der Waals surface area contributed by atoms with Gasteiger partial charge in [-0.3, -0.25) is 0 Å². The van der Waals surface area contributed by atoms with E-state index in [0.717, 1.165) is 23.9 Å². The van der Waals surface area contributed by atoms with Crippen LogP contribution in [-0.2, 0) is 4.74 Å². The molecule has 0 atom stereocenters. The normalized spacial score (nSPS) is 10.3. The molecule has 1 amide bonds. The number of rotatable bonds is 9. The summed E-state index contributed by atoms with van der Waals surface area (Å²) in [4.78, 5) is 19.6. The second-order valence-electron chi connectivity index (χ2n) is 7.23. The van der Waals surface area contributed by atoms with Crippen LogP contribution < -0.4 is 31.2 Å². The molecular weight excluding hydrogens is 400 g/mol. The lowest BCUT2D eigenvalue weighted by molar-refractivity contribution is 0.0530. The first-order chi connectivity index (χ1) is 14.8. The van der Waals surface area contributed by atoms with Crippen LogP contribution in [0.5, 0.6) is 11.5 Å². The molecule has 5 N–H and O–H groups in total. The monoisotopic (exact) mass is 434 g/mol. The number of hydrogen-bond acceptors (Lipinski definition) is 9. The van der Waals surface area contributed by atoms with Gasteiger partial charge in [-0.2, -0.15) is 0 Å². The van der Waals surface area contributed by atoms with E-state index in [1.807, 2.05) is 26.8 Å². The van der Waals surface area contributed by atoms with Gasteiger partial charge in [-0.15, -0.1) is 0 Å². The van der Waals surface area contributed by atoms with E-state index in [1.165, 1.54) is 0 Å². The number of amides is 1. The lowest BCUT2D eigenvalue weighted by atomic mass is 10.2. The van der Waals surface area contributed by atoms with Gasteiger partial charge < -0.3 is 35.9 Å². The van der Waals surface area contributed by atoms with Crippen molar-refractivity contribution in [1.29, 1.82) is 0 Å². The van der Waals surface area contributed by atoms with Crippen LogP contribution in [0.25, 0.3) is 0 Å². The summed E-state index contributed by atoms with van der Waals surface area (Å²) < 4.78 is 15.2. The first kappa shape index (κ1) is 25.8. The van der Waals surface area contributed by atoms with E-state index < -0.39 is 11.7 Å². The summed E-state index contributed by atoms with van der Waals surface area (Å²) in [6.07, 6.45) is 2.92. The van der Waals surface area contributed by atoms with E-state index in [-0.39, 0.29) is 0 Å². The minimum absolute atomic E-state index is 0.423. The Bertz CT molecular complexity index is 782. The quantitative estimate of drug-likeness (QED) is 0.439. The maximum atomic E-state index is 11.4. The topological polar surface area (TPSA) is 133 Å². The Morgan fingerprint density at radius 2 is 1.45 bits per heavy atom. The van der Waals surface area contributed by atoms with E-state index in [1.54, 1.807) is 44.8 Å². The zero-order valence-corrected chi connectivity index (χ0v) is 18.9. The third-order valence-electron chi connectivity index (χ3n) is 3.48. The fraction of sp³-hybridized carbons (Fsp3) is 0.476.